The van der Waals surface area contributed by atoms with E-state index in [1.807, 2.05) is 25.3 Å². The first-order valence-electron chi connectivity index (χ1n) is 5.95. The lowest BCUT2D eigenvalue weighted by molar-refractivity contribution is 0.132. The molecule has 1 unspecified atom stereocenters. The molecule has 1 fully saturated rings. The zero-order valence-corrected chi connectivity index (χ0v) is 10.4. The molecule has 0 saturated carbocycles. The van der Waals surface area contributed by atoms with Crippen LogP contribution in [0.15, 0.2) is 18.3 Å². The normalized spacial score (nSPS) is 19.8. The summed E-state index contributed by atoms with van der Waals surface area (Å²) in [5, 5.41) is 9.33. The first-order valence-corrected chi connectivity index (χ1v) is 5.95. The molecule has 0 N–H and O–H groups in total. The Bertz CT molecular complexity index is 398. The van der Waals surface area contributed by atoms with Crippen molar-refractivity contribution in [1.29, 1.82) is 5.26 Å². The third kappa shape index (κ3) is 2.82. The fourth-order valence-electron chi connectivity index (χ4n) is 2.09. The van der Waals surface area contributed by atoms with Crippen molar-refractivity contribution in [3.63, 3.8) is 0 Å². The Labute approximate surface area is 102 Å². The maximum atomic E-state index is 9.33. The Balaban J connectivity index is 2.11. The highest BCUT2D eigenvalue weighted by molar-refractivity contribution is 5.22. The van der Waals surface area contributed by atoms with Crippen molar-refractivity contribution in [2.45, 2.75) is 13.0 Å². The lowest BCUT2D eigenvalue weighted by atomic mass is 10.1. The molecule has 90 valence electrons. The Hall–Kier alpha value is -1.44. The Kier molecular flexibility index (Phi) is 3.72. The van der Waals surface area contributed by atoms with Crippen LogP contribution < -0.4 is 0 Å². The second kappa shape index (κ2) is 5.26. The average molecular weight is 230 g/mol. The van der Waals surface area contributed by atoms with Gasteiger partial charge in [-0.3, -0.25) is 9.88 Å². The number of pyridine rings is 1. The number of likely N-dealkylation sites (N-methyl/N-ethyl adjacent to an activating group) is 1. The average Bonchev–Trinajstić information content (AvgIpc) is 2.35. The largest absolute Gasteiger partial charge is 0.304 e. The highest BCUT2D eigenvalue weighted by Gasteiger charge is 2.23. The topological polar surface area (TPSA) is 43.2 Å². The molecule has 0 bridgehead atoms. The molecular formula is C13H18N4. The van der Waals surface area contributed by atoms with Crippen molar-refractivity contribution >= 4 is 0 Å². The molecule has 1 aliphatic heterocycles. The zero-order chi connectivity index (χ0) is 12.3. The Morgan fingerprint density at radius 2 is 2.00 bits per heavy atom. The van der Waals surface area contributed by atoms with E-state index in [2.05, 4.69) is 27.9 Å². The first kappa shape index (κ1) is 12.0. The molecule has 4 heteroatoms. The highest BCUT2D eigenvalue weighted by Crippen LogP contribution is 2.20. The molecular weight excluding hydrogens is 212 g/mol. The van der Waals surface area contributed by atoms with Gasteiger partial charge in [0, 0.05) is 43.6 Å². The molecule has 2 rings (SSSR count). The van der Waals surface area contributed by atoms with Crippen LogP contribution >= 0.6 is 0 Å². The van der Waals surface area contributed by atoms with Crippen molar-refractivity contribution in [3.05, 3.63) is 29.6 Å². The quantitative estimate of drug-likeness (QED) is 0.765. The van der Waals surface area contributed by atoms with Gasteiger partial charge in [-0.1, -0.05) is 6.07 Å². The number of nitriles is 1. The molecule has 2 heterocycles. The van der Waals surface area contributed by atoms with E-state index in [1.54, 1.807) is 0 Å². The van der Waals surface area contributed by atoms with E-state index < -0.39 is 0 Å². The van der Waals surface area contributed by atoms with Gasteiger partial charge in [-0.25, -0.2) is 0 Å². The molecule has 0 aromatic carbocycles. The van der Waals surface area contributed by atoms with Crippen LogP contribution in [0.2, 0.25) is 0 Å². The molecule has 0 amide bonds. The number of aryl methyl sites for hydroxylation is 1. The third-order valence-electron chi connectivity index (χ3n) is 3.28. The van der Waals surface area contributed by atoms with Crippen molar-refractivity contribution < 1.29 is 0 Å². The van der Waals surface area contributed by atoms with Gasteiger partial charge in [0.05, 0.1) is 6.07 Å². The van der Waals surface area contributed by atoms with Crippen LogP contribution in [0.4, 0.5) is 0 Å². The predicted molar refractivity (Wildman–Crippen MR) is 66.4 cm³/mol. The first-order chi connectivity index (χ1) is 8.20. The molecule has 1 aliphatic rings. The van der Waals surface area contributed by atoms with E-state index in [1.165, 1.54) is 0 Å². The summed E-state index contributed by atoms with van der Waals surface area (Å²) in [5.74, 6) is 0. The lowest BCUT2D eigenvalue weighted by Gasteiger charge is -2.35. The molecule has 1 aromatic heterocycles. The Morgan fingerprint density at radius 1 is 1.29 bits per heavy atom. The van der Waals surface area contributed by atoms with E-state index in [4.69, 9.17) is 0 Å². The summed E-state index contributed by atoms with van der Waals surface area (Å²) in [7, 11) is 2.12. The molecule has 1 saturated heterocycles. The number of hydrogen-bond donors (Lipinski definition) is 0. The van der Waals surface area contributed by atoms with Crippen LogP contribution in [0.3, 0.4) is 0 Å². The maximum Gasteiger partial charge on any atom is 0.125 e. The van der Waals surface area contributed by atoms with Gasteiger partial charge in [-0.15, -0.1) is 0 Å². The molecule has 17 heavy (non-hydrogen) atoms. The van der Waals surface area contributed by atoms with Gasteiger partial charge in [0.1, 0.15) is 6.04 Å². The standard InChI is InChI=1S/C13H18N4/c1-11-3-4-12(10-15-11)13(9-14)17-7-5-16(2)6-8-17/h3-4,10,13H,5-8H2,1-2H3. The van der Waals surface area contributed by atoms with Gasteiger partial charge in [0.2, 0.25) is 0 Å². The maximum absolute atomic E-state index is 9.33. The second-order valence-electron chi connectivity index (χ2n) is 4.60. The summed E-state index contributed by atoms with van der Waals surface area (Å²) < 4.78 is 0. The molecule has 4 nitrogen and oxygen atoms in total. The van der Waals surface area contributed by atoms with Gasteiger partial charge in [-0.05, 0) is 20.0 Å². The fourth-order valence-corrected chi connectivity index (χ4v) is 2.09. The number of nitrogens with zero attached hydrogens (tertiary/aromatic N) is 4. The SMILES string of the molecule is Cc1ccc(C(C#N)N2CCN(C)CC2)cn1. The van der Waals surface area contributed by atoms with Gasteiger partial charge < -0.3 is 4.90 Å². The minimum absolute atomic E-state index is 0.156. The number of piperazine rings is 1. The van der Waals surface area contributed by atoms with Gasteiger partial charge in [0.15, 0.2) is 0 Å². The summed E-state index contributed by atoms with van der Waals surface area (Å²) in [4.78, 5) is 8.79. The Morgan fingerprint density at radius 3 is 2.53 bits per heavy atom. The fraction of sp³-hybridized carbons (Fsp3) is 0.538. The van der Waals surface area contributed by atoms with Crippen LogP contribution in [0.1, 0.15) is 17.3 Å². The smallest absolute Gasteiger partial charge is 0.125 e. The van der Waals surface area contributed by atoms with Crippen LogP contribution in [0, 0.1) is 18.3 Å². The van der Waals surface area contributed by atoms with E-state index in [0.717, 1.165) is 37.4 Å². The van der Waals surface area contributed by atoms with Crippen molar-refractivity contribution in [2.75, 3.05) is 33.2 Å². The minimum atomic E-state index is -0.156. The summed E-state index contributed by atoms with van der Waals surface area (Å²) in [6.07, 6.45) is 1.82. The van der Waals surface area contributed by atoms with E-state index >= 15 is 0 Å². The summed E-state index contributed by atoms with van der Waals surface area (Å²) >= 11 is 0. The van der Waals surface area contributed by atoms with Gasteiger partial charge in [-0.2, -0.15) is 5.26 Å². The van der Waals surface area contributed by atoms with Gasteiger partial charge in [0.25, 0.3) is 0 Å². The lowest BCUT2D eigenvalue weighted by Crippen LogP contribution is -2.45. The molecule has 1 atom stereocenters. The number of hydrogen-bond acceptors (Lipinski definition) is 4. The van der Waals surface area contributed by atoms with E-state index in [0.29, 0.717) is 0 Å². The van der Waals surface area contributed by atoms with Crippen LogP contribution in [0.25, 0.3) is 0 Å². The van der Waals surface area contributed by atoms with Gasteiger partial charge >= 0.3 is 0 Å². The van der Waals surface area contributed by atoms with Crippen molar-refractivity contribution in [1.82, 2.24) is 14.8 Å². The summed E-state index contributed by atoms with van der Waals surface area (Å²) in [6, 6.07) is 6.21. The van der Waals surface area contributed by atoms with E-state index in [9.17, 15) is 5.26 Å². The predicted octanol–water partition coefficient (Wildman–Crippen LogP) is 1.20. The van der Waals surface area contributed by atoms with Crippen LogP contribution in [-0.2, 0) is 0 Å². The van der Waals surface area contributed by atoms with Crippen LogP contribution in [0.5, 0.6) is 0 Å². The monoisotopic (exact) mass is 230 g/mol. The summed E-state index contributed by atoms with van der Waals surface area (Å²) in [6.45, 7) is 5.90. The zero-order valence-electron chi connectivity index (χ0n) is 10.4. The van der Waals surface area contributed by atoms with Crippen molar-refractivity contribution in [2.24, 2.45) is 0 Å². The number of rotatable bonds is 2. The third-order valence-corrected chi connectivity index (χ3v) is 3.28. The molecule has 1 aromatic rings. The van der Waals surface area contributed by atoms with Crippen molar-refractivity contribution in [3.8, 4) is 6.07 Å². The molecule has 0 aliphatic carbocycles. The minimum Gasteiger partial charge on any atom is -0.304 e. The molecule has 0 radical (unpaired) electrons. The van der Waals surface area contributed by atoms with E-state index in [-0.39, 0.29) is 6.04 Å². The van der Waals surface area contributed by atoms with Crippen LogP contribution in [-0.4, -0.2) is 48.0 Å². The molecule has 0 spiro atoms. The highest BCUT2D eigenvalue weighted by atomic mass is 15.3. The summed E-state index contributed by atoms with van der Waals surface area (Å²) in [5.41, 5.74) is 1.99. The second-order valence-corrected chi connectivity index (χ2v) is 4.60. The number of aromatic nitrogens is 1.